The molecule has 1 aromatic carbocycles. The fourth-order valence-corrected chi connectivity index (χ4v) is 5.96. The number of rotatable bonds is 14. The molecular formula is C29H35N3O7S2. The number of hydrogen-bond donors (Lipinski definition) is 3. The Morgan fingerprint density at radius 2 is 1.85 bits per heavy atom. The molecule has 3 atom stereocenters. The highest BCUT2D eigenvalue weighted by Gasteiger charge is 2.27. The van der Waals surface area contributed by atoms with Crippen molar-refractivity contribution in [2.75, 3.05) is 13.4 Å². The fourth-order valence-electron chi connectivity index (χ4n) is 4.46. The fraction of sp³-hybridized carbons (Fsp3) is 0.414. The van der Waals surface area contributed by atoms with Crippen LogP contribution in [0.4, 0.5) is 9.59 Å². The Labute approximate surface area is 247 Å². The molecule has 2 aromatic heterocycles. The molecule has 0 fully saturated rings. The van der Waals surface area contributed by atoms with Crippen LogP contribution in [0.2, 0.25) is 0 Å². The highest BCUT2D eigenvalue weighted by atomic mass is 32.1. The van der Waals surface area contributed by atoms with Crippen molar-refractivity contribution in [3.63, 3.8) is 0 Å². The van der Waals surface area contributed by atoms with Crippen LogP contribution in [0.5, 0.6) is 11.5 Å². The maximum atomic E-state index is 13.3. The lowest BCUT2D eigenvalue weighted by Gasteiger charge is -2.29. The molecule has 3 N–H and O–H groups in total. The number of carbonyl (C=O) groups is 3. The molecule has 1 aliphatic rings. The van der Waals surface area contributed by atoms with E-state index in [1.807, 2.05) is 48.9 Å². The number of amides is 3. The molecule has 1 aliphatic heterocycles. The zero-order valence-electron chi connectivity index (χ0n) is 23.0. The molecule has 0 spiro atoms. The number of carbonyl (C=O) groups excluding carboxylic acids is 2. The zero-order valence-corrected chi connectivity index (χ0v) is 24.7. The number of thiophene rings is 2. The quantitative estimate of drug-likeness (QED) is 0.198. The summed E-state index contributed by atoms with van der Waals surface area (Å²) < 4.78 is 16.5. The molecule has 0 aliphatic carbocycles. The third-order valence-electron chi connectivity index (χ3n) is 6.70. The van der Waals surface area contributed by atoms with E-state index >= 15 is 0 Å². The molecule has 4 rings (SSSR count). The Bertz CT molecular complexity index is 1280. The van der Waals surface area contributed by atoms with Crippen LogP contribution >= 0.6 is 22.7 Å². The van der Waals surface area contributed by atoms with Crippen LogP contribution in [-0.2, 0) is 16.1 Å². The van der Waals surface area contributed by atoms with Crippen molar-refractivity contribution in [1.82, 2.24) is 15.5 Å². The summed E-state index contributed by atoms with van der Waals surface area (Å²) in [7, 11) is 0. The number of nitrogens with one attached hydrogen (secondary N) is 2. The van der Waals surface area contributed by atoms with Crippen LogP contribution < -0.4 is 20.1 Å². The van der Waals surface area contributed by atoms with Gasteiger partial charge in [0.1, 0.15) is 6.61 Å². The lowest BCUT2D eigenvalue weighted by molar-refractivity contribution is -0.137. The van der Waals surface area contributed by atoms with Crippen LogP contribution in [0, 0.1) is 0 Å². The van der Waals surface area contributed by atoms with Gasteiger partial charge in [-0.05, 0) is 53.9 Å². The molecule has 1 unspecified atom stereocenters. The number of aliphatic carboxylic acids is 1. The average Bonchev–Trinajstić information content (AvgIpc) is 3.74. The Hall–Kier alpha value is -3.77. The SMILES string of the molecule is CCCC[C@H](COC(=O)N(Cc1cccs1)C(C)c1cccs1)NC(=O)N[C@@H](CC(=O)O)c1ccc2c(c1)OCO2. The monoisotopic (exact) mass is 601 g/mol. The molecule has 220 valence electrons. The normalized spacial score (nSPS) is 14.1. The minimum Gasteiger partial charge on any atom is -0.481 e. The standard InChI is InChI=1S/C29H35N3O7S2/c1-3-4-7-21(17-37-29(36)32(16-22-8-5-12-40-22)19(2)26-9-6-13-41-26)30-28(35)31-23(15-27(33)34)20-10-11-24-25(14-20)39-18-38-24/h5-6,8-14,19,21,23H,3-4,7,15-18H2,1-2H3,(H,33,34)(H2,30,31,35)/t19?,21-,23+/m1/s1. The van der Waals surface area contributed by atoms with E-state index in [4.69, 9.17) is 14.2 Å². The number of unbranched alkanes of at least 4 members (excludes halogenated alkanes) is 1. The van der Waals surface area contributed by atoms with Gasteiger partial charge in [-0.25, -0.2) is 9.59 Å². The Morgan fingerprint density at radius 1 is 1.07 bits per heavy atom. The number of carboxylic acid groups (broad SMARTS) is 1. The van der Waals surface area contributed by atoms with Gasteiger partial charge in [0.2, 0.25) is 6.79 Å². The topological polar surface area (TPSA) is 126 Å². The van der Waals surface area contributed by atoms with Crippen molar-refractivity contribution in [2.24, 2.45) is 0 Å². The van der Waals surface area contributed by atoms with Crippen molar-refractivity contribution in [2.45, 2.75) is 64.2 Å². The minimum atomic E-state index is -1.06. The molecule has 10 nitrogen and oxygen atoms in total. The van der Waals surface area contributed by atoms with E-state index in [0.717, 1.165) is 22.6 Å². The second-order valence-corrected chi connectivity index (χ2v) is 11.7. The van der Waals surface area contributed by atoms with Gasteiger partial charge in [-0.3, -0.25) is 9.69 Å². The highest BCUT2D eigenvalue weighted by Crippen LogP contribution is 2.35. The van der Waals surface area contributed by atoms with Crippen molar-refractivity contribution >= 4 is 40.8 Å². The molecule has 41 heavy (non-hydrogen) atoms. The van der Waals surface area contributed by atoms with E-state index in [1.165, 1.54) is 0 Å². The van der Waals surface area contributed by atoms with Gasteiger partial charge in [0, 0.05) is 9.75 Å². The van der Waals surface area contributed by atoms with Crippen molar-refractivity contribution in [1.29, 1.82) is 0 Å². The first-order valence-electron chi connectivity index (χ1n) is 13.5. The Balaban J connectivity index is 1.40. The number of nitrogens with zero attached hydrogens (tertiary/aromatic N) is 1. The van der Waals surface area contributed by atoms with Crippen molar-refractivity contribution in [3.05, 3.63) is 68.5 Å². The minimum absolute atomic E-state index is 0.0159. The van der Waals surface area contributed by atoms with Crippen LogP contribution in [0.1, 0.15) is 66.9 Å². The predicted octanol–water partition coefficient (Wildman–Crippen LogP) is 6.31. The molecular weight excluding hydrogens is 566 g/mol. The van der Waals surface area contributed by atoms with Gasteiger partial charge in [0.05, 0.1) is 31.1 Å². The van der Waals surface area contributed by atoms with Gasteiger partial charge in [-0.15, -0.1) is 22.7 Å². The van der Waals surface area contributed by atoms with E-state index in [9.17, 15) is 19.5 Å². The summed E-state index contributed by atoms with van der Waals surface area (Å²) in [5.74, 6) is 0.00192. The molecule has 0 bridgehead atoms. The van der Waals surface area contributed by atoms with Crippen LogP contribution in [0.25, 0.3) is 0 Å². The summed E-state index contributed by atoms with van der Waals surface area (Å²) in [6.45, 7) is 4.50. The van der Waals surface area contributed by atoms with Gasteiger partial charge < -0.3 is 30.0 Å². The summed E-state index contributed by atoms with van der Waals surface area (Å²) in [6.07, 6.45) is 1.52. The molecule has 0 saturated carbocycles. The molecule has 0 saturated heterocycles. The molecule has 12 heteroatoms. The molecule has 3 amide bonds. The lowest BCUT2D eigenvalue weighted by atomic mass is 10.0. The summed E-state index contributed by atoms with van der Waals surface area (Å²) in [5.41, 5.74) is 0.579. The number of ether oxygens (including phenoxy) is 3. The van der Waals surface area contributed by atoms with E-state index in [-0.39, 0.29) is 25.9 Å². The number of hydrogen-bond acceptors (Lipinski definition) is 8. The number of carboxylic acids is 1. The van der Waals surface area contributed by atoms with Crippen LogP contribution in [0.15, 0.2) is 53.2 Å². The van der Waals surface area contributed by atoms with E-state index in [2.05, 4.69) is 10.6 Å². The zero-order chi connectivity index (χ0) is 29.2. The average molecular weight is 602 g/mol. The van der Waals surface area contributed by atoms with Crippen LogP contribution in [0.3, 0.4) is 0 Å². The third-order valence-corrected chi connectivity index (χ3v) is 8.60. The van der Waals surface area contributed by atoms with Gasteiger partial charge >= 0.3 is 18.1 Å². The Morgan fingerprint density at radius 3 is 2.56 bits per heavy atom. The van der Waals surface area contributed by atoms with Crippen molar-refractivity contribution in [3.8, 4) is 11.5 Å². The molecule has 3 aromatic rings. The lowest BCUT2D eigenvalue weighted by Crippen LogP contribution is -2.46. The first-order chi connectivity index (χ1) is 19.8. The van der Waals surface area contributed by atoms with E-state index in [1.54, 1.807) is 45.8 Å². The predicted molar refractivity (Wildman–Crippen MR) is 156 cm³/mol. The number of urea groups is 1. The molecule has 3 heterocycles. The number of benzene rings is 1. The van der Waals surface area contributed by atoms with Gasteiger partial charge in [-0.2, -0.15) is 0 Å². The highest BCUT2D eigenvalue weighted by molar-refractivity contribution is 7.10. The second-order valence-electron chi connectivity index (χ2n) is 9.70. The van der Waals surface area contributed by atoms with E-state index in [0.29, 0.717) is 30.0 Å². The maximum Gasteiger partial charge on any atom is 0.410 e. The largest absolute Gasteiger partial charge is 0.481 e. The van der Waals surface area contributed by atoms with Crippen molar-refractivity contribution < 1.29 is 33.7 Å². The summed E-state index contributed by atoms with van der Waals surface area (Å²) in [4.78, 5) is 41.7. The van der Waals surface area contributed by atoms with Gasteiger partial charge in [0.25, 0.3) is 0 Å². The summed E-state index contributed by atoms with van der Waals surface area (Å²) in [5, 5.41) is 19.1. The third kappa shape index (κ3) is 8.61. The first-order valence-corrected chi connectivity index (χ1v) is 15.3. The van der Waals surface area contributed by atoms with Crippen LogP contribution in [-0.4, -0.2) is 47.5 Å². The smallest absolute Gasteiger partial charge is 0.410 e. The molecule has 0 radical (unpaired) electrons. The van der Waals surface area contributed by atoms with E-state index < -0.39 is 30.2 Å². The van der Waals surface area contributed by atoms with Gasteiger partial charge in [0.15, 0.2) is 11.5 Å². The van der Waals surface area contributed by atoms with Gasteiger partial charge in [-0.1, -0.05) is 38.0 Å². The maximum absolute atomic E-state index is 13.3. The summed E-state index contributed by atoms with van der Waals surface area (Å²) >= 11 is 3.15. The second kappa shape index (κ2) is 14.7. The first kappa shape index (κ1) is 30.2. The number of fused-ring (bicyclic) bond motifs is 1. The summed E-state index contributed by atoms with van der Waals surface area (Å²) in [6, 6.07) is 10.9. The Kier molecular flexibility index (Phi) is 10.9.